The largest absolute Gasteiger partial charge is 0.458 e. The molecule has 0 unspecified atom stereocenters. The summed E-state index contributed by atoms with van der Waals surface area (Å²) in [4.78, 5) is 0. The van der Waals surface area contributed by atoms with Gasteiger partial charge in [0.25, 0.3) is 0 Å². The maximum absolute atomic E-state index is 2.66. The van der Waals surface area contributed by atoms with Crippen molar-refractivity contribution in [1.82, 2.24) is 3.55 Å². The predicted molar refractivity (Wildman–Crippen MR) is 47.8 cm³/mol. The van der Waals surface area contributed by atoms with Crippen molar-refractivity contribution in [1.29, 1.82) is 0 Å². The Labute approximate surface area is 74.3 Å². The molecule has 1 aromatic carbocycles. The van der Waals surface area contributed by atoms with Crippen LogP contribution in [0.2, 0.25) is 0 Å². The van der Waals surface area contributed by atoms with Gasteiger partial charge in [0.2, 0.25) is 0 Å². The Hall–Kier alpha value is -0.708. The zero-order valence-corrected chi connectivity index (χ0v) is 7.57. The SMILES string of the molecule is Cc1ccc2c(cc[n]2[Al])c1. The van der Waals surface area contributed by atoms with Crippen LogP contribution >= 0.6 is 0 Å². The molecule has 1 nitrogen and oxygen atoms in total. The molecule has 2 radical (unpaired) electrons. The van der Waals surface area contributed by atoms with E-state index in [0.717, 1.165) is 0 Å². The van der Waals surface area contributed by atoms with Crippen LogP contribution in [0.3, 0.4) is 0 Å². The minimum Gasteiger partial charge on any atom is -0.458 e. The van der Waals surface area contributed by atoms with Crippen LogP contribution in [-0.2, 0) is 0 Å². The highest BCUT2D eigenvalue weighted by Crippen LogP contribution is 2.15. The van der Waals surface area contributed by atoms with Crippen molar-refractivity contribution in [2.24, 2.45) is 0 Å². The fourth-order valence-corrected chi connectivity index (χ4v) is 1.60. The van der Waals surface area contributed by atoms with Crippen LogP contribution in [0.1, 0.15) is 5.56 Å². The lowest BCUT2D eigenvalue weighted by Crippen LogP contribution is -1.86. The highest BCUT2D eigenvalue weighted by molar-refractivity contribution is 6.11. The number of hydrogen-bond donors (Lipinski definition) is 0. The minimum absolute atomic E-state index is 1.26. The van der Waals surface area contributed by atoms with E-state index < -0.39 is 0 Å². The average molecular weight is 157 g/mol. The molecule has 0 amide bonds. The van der Waals surface area contributed by atoms with Crippen LogP contribution in [0.15, 0.2) is 30.5 Å². The molecule has 0 saturated carbocycles. The fourth-order valence-electron chi connectivity index (χ4n) is 1.28. The molecule has 11 heavy (non-hydrogen) atoms. The third kappa shape index (κ3) is 1.09. The van der Waals surface area contributed by atoms with Crippen LogP contribution in [-0.4, -0.2) is 20.1 Å². The first kappa shape index (κ1) is 6.97. The summed E-state index contributed by atoms with van der Waals surface area (Å²) in [5, 5.41) is 1.31. The number of fused-ring (bicyclic) bond motifs is 1. The Morgan fingerprint density at radius 3 is 2.91 bits per heavy atom. The number of benzene rings is 1. The molecule has 0 spiro atoms. The molecule has 2 heteroatoms. The smallest absolute Gasteiger partial charge is 0.317 e. The molecule has 0 saturated heterocycles. The molecule has 0 aliphatic rings. The number of aromatic nitrogens is 1. The van der Waals surface area contributed by atoms with E-state index in [1.165, 1.54) is 16.5 Å². The summed E-state index contributed by atoms with van der Waals surface area (Å²) in [7, 11) is 0. The molecule has 2 aromatic rings. The molecule has 0 bridgehead atoms. The van der Waals surface area contributed by atoms with E-state index in [4.69, 9.17) is 0 Å². The molecular weight excluding hydrogens is 149 g/mol. The van der Waals surface area contributed by atoms with E-state index in [-0.39, 0.29) is 0 Å². The van der Waals surface area contributed by atoms with Crippen LogP contribution in [0.4, 0.5) is 0 Å². The van der Waals surface area contributed by atoms with Gasteiger partial charge in [0, 0.05) is 5.52 Å². The number of hydrogen-bond acceptors (Lipinski definition) is 0. The fraction of sp³-hybridized carbons (Fsp3) is 0.111. The summed E-state index contributed by atoms with van der Waals surface area (Å²) in [6.07, 6.45) is 2.05. The lowest BCUT2D eigenvalue weighted by Gasteiger charge is -1.97. The summed E-state index contributed by atoms with van der Waals surface area (Å²) >= 11 is 2.66. The van der Waals surface area contributed by atoms with Gasteiger partial charge in [-0.1, -0.05) is 11.6 Å². The van der Waals surface area contributed by atoms with Gasteiger partial charge < -0.3 is 3.55 Å². The van der Waals surface area contributed by atoms with Gasteiger partial charge in [-0.05, 0) is 36.7 Å². The third-order valence-electron chi connectivity index (χ3n) is 1.88. The van der Waals surface area contributed by atoms with Crippen LogP contribution < -0.4 is 0 Å². The van der Waals surface area contributed by atoms with Gasteiger partial charge in [0.1, 0.15) is 0 Å². The summed E-state index contributed by atoms with van der Waals surface area (Å²) in [5.41, 5.74) is 2.58. The van der Waals surface area contributed by atoms with Crippen LogP contribution in [0.25, 0.3) is 10.9 Å². The van der Waals surface area contributed by atoms with Crippen molar-refractivity contribution >= 4 is 27.4 Å². The Morgan fingerprint density at radius 2 is 2.09 bits per heavy atom. The molecule has 1 aromatic heterocycles. The van der Waals surface area contributed by atoms with E-state index in [0.29, 0.717) is 0 Å². The number of nitrogens with zero attached hydrogens (tertiary/aromatic N) is 1. The van der Waals surface area contributed by atoms with Gasteiger partial charge in [0.15, 0.2) is 0 Å². The van der Waals surface area contributed by atoms with Crippen molar-refractivity contribution in [2.45, 2.75) is 6.92 Å². The molecule has 1 heterocycles. The Morgan fingerprint density at radius 1 is 1.27 bits per heavy atom. The van der Waals surface area contributed by atoms with Gasteiger partial charge in [-0.3, -0.25) is 0 Å². The van der Waals surface area contributed by atoms with Crippen molar-refractivity contribution < 1.29 is 0 Å². The van der Waals surface area contributed by atoms with Gasteiger partial charge in [-0.25, -0.2) is 0 Å². The van der Waals surface area contributed by atoms with E-state index in [2.05, 4.69) is 57.4 Å². The summed E-state index contributed by atoms with van der Waals surface area (Å²) in [5.74, 6) is 0. The normalized spacial score (nSPS) is 10.6. The Bertz CT molecular complexity index is 389. The van der Waals surface area contributed by atoms with E-state index >= 15 is 0 Å². The Kier molecular flexibility index (Phi) is 1.53. The zero-order valence-electron chi connectivity index (χ0n) is 6.41. The van der Waals surface area contributed by atoms with Gasteiger partial charge >= 0.3 is 16.5 Å². The lowest BCUT2D eigenvalue weighted by atomic mass is 10.2. The first-order chi connectivity index (χ1) is 5.27. The van der Waals surface area contributed by atoms with Gasteiger partial charge in [0.05, 0.1) is 0 Å². The highest BCUT2D eigenvalue weighted by atomic mass is 27.1. The first-order valence-corrected chi connectivity index (χ1v) is 4.12. The molecule has 0 atom stereocenters. The molecule has 0 fully saturated rings. The third-order valence-corrected chi connectivity index (χ3v) is 2.33. The average Bonchev–Trinajstić information content (AvgIpc) is 2.32. The zero-order chi connectivity index (χ0) is 7.84. The van der Waals surface area contributed by atoms with Crippen LogP contribution in [0.5, 0.6) is 0 Å². The molecule has 2 rings (SSSR count). The quantitative estimate of drug-likeness (QED) is 0.514. The predicted octanol–water partition coefficient (Wildman–Crippen LogP) is 1.88. The second kappa shape index (κ2) is 2.41. The van der Waals surface area contributed by atoms with Crippen molar-refractivity contribution in [2.75, 3.05) is 0 Å². The molecule has 0 aliphatic heterocycles. The standard InChI is InChI=1S/C9H8N.Al/c1-7-2-3-9-8(6-7)4-5-10-9;/h2-6H,1H3;/q-1;+1. The van der Waals surface area contributed by atoms with Crippen molar-refractivity contribution in [3.05, 3.63) is 36.0 Å². The van der Waals surface area contributed by atoms with E-state index in [1.807, 2.05) is 0 Å². The summed E-state index contributed by atoms with van der Waals surface area (Å²) in [6.45, 7) is 2.11. The summed E-state index contributed by atoms with van der Waals surface area (Å²) in [6, 6.07) is 8.58. The number of rotatable bonds is 0. The maximum Gasteiger partial charge on any atom is 0.317 e. The highest BCUT2D eigenvalue weighted by Gasteiger charge is 1.94. The molecule has 0 N–H and O–H groups in total. The Balaban J connectivity index is 2.86. The first-order valence-electron chi connectivity index (χ1n) is 3.60. The van der Waals surface area contributed by atoms with Gasteiger partial charge in [-0.2, -0.15) is 0 Å². The van der Waals surface area contributed by atoms with E-state index in [1.54, 1.807) is 0 Å². The number of aryl methyl sites for hydroxylation is 1. The minimum atomic E-state index is 1.26. The van der Waals surface area contributed by atoms with Crippen LogP contribution in [0, 0.1) is 6.92 Å². The second-order valence-corrected chi connectivity index (χ2v) is 3.34. The topological polar surface area (TPSA) is 4.93 Å². The summed E-state index contributed by atoms with van der Waals surface area (Å²) < 4.78 is 2.05. The maximum atomic E-state index is 2.66. The van der Waals surface area contributed by atoms with Gasteiger partial charge in [-0.15, -0.1) is 0 Å². The van der Waals surface area contributed by atoms with Crippen molar-refractivity contribution in [3.8, 4) is 0 Å². The lowest BCUT2D eigenvalue weighted by molar-refractivity contribution is 1.32. The van der Waals surface area contributed by atoms with E-state index in [9.17, 15) is 0 Å². The monoisotopic (exact) mass is 157 g/mol. The molecular formula is C9H8AlN. The second-order valence-electron chi connectivity index (χ2n) is 2.79. The molecule has 0 aliphatic carbocycles. The van der Waals surface area contributed by atoms with Crippen molar-refractivity contribution in [3.63, 3.8) is 0 Å². The molecule has 52 valence electrons.